The van der Waals surface area contributed by atoms with Crippen molar-refractivity contribution in [3.05, 3.63) is 0 Å². The van der Waals surface area contributed by atoms with Gasteiger partial charge < -0.3 is 77.9 Å². The summed E-state index contributed by atoms with van der Waals surface area (Å²) in [4.78, 5) is 124. The van der Waals surface area contributed by atoms with Crippen LogP contribution < -0.4 is 16.0 Å². The van der Waals surface area contributed by atoms with Crippen molar-refractivity contribution in [1.29, 1.82) is 0 Å². The number of rotatable bonds is 17. The molecule has 0 spiro atoms. The fourth-order valence-electron chi connectivity index (χ4n) is 7.09. The molecule has 0 bridgehead atoms. The summed E-state index contributed by atoms with van der Waals surface area (Å²) in [5.74, 6) is -8.48. The van der Waals surface area contributed by atoms with Gasteiger partial charge in [-0.25, -0.2) is 0 Å². The number of carbonyl (C=O) groups is 10. The average molecular weight is 922 g/mol. The van der Waals surface area contributed by atoms with Gasteiger partial charge in [-0.1, -0.05) is 0 Å². The van der Waals surface area contributed by atoms with E-state index in [1.165, 1.54) is 0 Å². The van der Waals surface area contributed by atoms with E-state index < -0.39 is 171 Å². The molecule has 3 unspecified atom stereocenters. The molecule has 3 aliphatic rings. The van der Waals surface area contributed by atoms with Crippen molar-refractivity contribution in [3.8, 4) is 0 Å². The van der Waals surface area contributed by atoms with Gasteiger partial charge in [-0.15, -0.1) is 0 Å². The third-order valence-electron chi connectivity index (χ3n) is 9.21. The fourth-order valence-corrected chi connectivity index (χ4v) is 7.09. The van der Waals surface area contributed by atoms with Crippen molar-refractivity contribution in [2.24, 2.45) is 0 Å². The van der Waals surface area contributed by atoms with Gasteiger partial charge in [0.05, 0.1) is 0 Å². The number of aliphatic hydroxyl groups excluding tert-OH is 1. The van der Waals surface area contributed by atoms with Crippen molar-refractivity contribution in [2.45, 2.75) is 161 Å². The van der Waals surface area contributed by atoms with E-state index in [0.29, 0.717) is 0 Å². The molecular weight excluding hydrogens is 866 g/mol. The van der Waals surface area contributed by atoms with E-state index in [0.717, 1.165) is 69.2 Å². The summed E-state index contributed by atoms with van der Waals surface area (Å²) in [6.07, 6.45) is -20.2. The Morgan fingerprint density at radius 2 is 0.672 bits per heavy atom. The van der Waals surface area contributed by atoms with Crippen LogP contribution in [-0.4, -0.2) is 176 Å². The highest BCUT2D eigenvalue weighted by Gasteiger charge is 2.58. The summed E-state index contributed by atoms with van der Waals surface area (Å²) in [6.45, 7) is 8.44. The second-order valence-corrected chi connectivity index (χ2v) is 14.7. The Hall–Kier alpha value is -5.54. The van der Waals surface area contributed by atoms with Crippen LogP contribution in [0.15, 0.2) is 0 Å². The molecule has 0 aromatic rings. The number of amides is 3. The van der Waals surface area contributed by atoms with Gasteiger partial charge in [-0.3, -0.25) is 47.9 Å². The summed E-state index contributed by atoms with van der Waals surface area (Å²) in [5.41, 5.74) is 0. The van der Waals surface area contributed by atoms with E-state index in [4.69, 9.17) is 56.8 Å². The number of hydrogen-bond donors (Lipinski definition) is 4. The zero-order valence-electron chi connectivity index (χ0n) is 36.7. The first-order valence-corrected chi connectivity index (χ1v) is 19.7. The standard InChI is InChI=1S/C38H55N3O23/c1-14(42)39-27-33(57-21(8)49)31(24(60-36(27)52)11-53-17(4)45)63-38-29(41-16(3)44)35(59-23(10)51)32(26(62-38)13-55-19(6)47)64-37-28(40-15(2)43)34(58-22(9)50)30(56-20(7)48)25(61-37)12-54-18(5)46/h24-38,52H,11-13H2,1-10H3,(H,39,42)(H,40,43)(H,41,44)/t24?,25?,26?,27-,28-,29-,30+,31+,32+,33+,34+,35+,36+,37-,38-/m0/s1. The van der Waals surface area contributed by atoms with Crippen LogP contribution in [0.25, 0.3) is 0 Å². The lowest BCUT2D eigenvalue weighted by Gasteiger charge is -2.51. The second-order valence-electron chi connectivity index (χ2n) is 14.7. The summed E-state index contributed by atoms with van der Waals surface area (Å²) >= 11 is 0. The molecule has 0 aromatic heterocycles. The maximum Gasteiger partial charge on any atom is 0.303 e. The fraction of sp³-hybridized carbons (Fsp3) is 0.737. The molecule has 0 aromatic carbocycles. The van der Waals surface area contributed by atoms with Crippen molar-refractivity contribution in [3.63, 3.8) is 0 Å². The van der Waals surface area contributed by atoms with Crippen LogP contribution in [0.4, 0.5) is 0 Å². The van der Waals surface area contributed by atoms with E-state index in [1.54, 1.807) is 0 Å². The second kappa shape index (κ2) is 23.9. The molecule has 3 aliphatic heterocycles. The third kappa shape index (κ3) is 15.6. The van der Waals surface area contributed by atoms with Crippen LogP contribution in [-0.2, 0) is 105 Å². The summed E-state index contributed by atoms with van der Waals surface area (Å²) in [6, 6.07) is -4.78. The molecule has 3 amide bonds. The molecule has 3 saturated heterocycles. The molecule has 15 atom stereocenters. The van der Waals surface area contributed by atoms with Crippen LogP contribution in [0.1, 0.15) is 69.2 Å². The number of hydrogen-bond acceptors (Lipinski definition) is 23. The van der Waals surface area contributed by atoms with Crippen LogP contribution in [0.5, 0.6) is 0 Å². The van der Waals surface area contributed by atoms with Crippen molar-refractivity contribution in [1.82, 2.24) is 16.0 Å². The first-order chi connectivity index (χ1) is 29.9. The van der Waals surface area contributed by atoms with Gasteiger partial charge in [0.2, 0.25) is 17.7 Å². The molecule has 0 radical (unpaired) electrons. The molecule has 64 heavy (non-hydrogen) atoms. The molecule has 26 heteroatoms. The Balaban J connectivity index is 2.28. The minimum atomic E-state index is -1.89. The topological polar surface area (TPSA) is 338 Å². The quantitative estimate of drug-likeness (QED) is 0.0827. The van der Waals surface area contributed by atoms with Crippen molar-refractivity contribution < 1.29 is 110 Å². The molecule has 3 heterocycles. The normalized spacial score (nSPS) is 32.3. The minimum Gasteiger partial charge on any atom is -0.463 e. The SMILES string of the molecule is CC(=O)N[C@@H]1[C@H](O[C@@H]2C(COC(C)=O)O[C@@H](O[C@@H]3C(COC(C)=O)O[C@@H](O)[C@@H](NC(C)=O)[C@H]3OC(C)=O)[C@@H](NC(C)=O)[C@H]2OC(C)=O)OC(COC(C)=O)[C@@H](OC(C)=O)[C@@H]1OC(C)=O. The van der Waals surface area contributed by atoms with E-state index in [-0.39, 0.29) is 0 Å². The van der Waals surface area contributed by atoms with Gasteiger partial charge in [-0.05, 0) is 0 Å². The van der Waals surface area contributed by atoms with Crippen molar-refractivity contribution >= 4 is 59.5 Å². The number of ether oxygens (including phenoxy) is 12. The predicted octanol–water partition coefficient (Wildman–Crippen LogP) is -3.15. The lowest BCUT2D eigenvalue weighted by Crippen LogP contribution is -2.72. The first-order valence-electron chi connectivity index (χ1n) is 19.7. The molecule has 360 valence electrons. The monoisotopic (exact) mass is 921 g/mol. The van der Waals surface area contributed by atoms with E-state index in [1.807, 2.05) is 0 Å². The molecule has 3 fully saturated rings. The number of nitrogens with one attached hydrogen (secondary N) is 3. The van der Waals surface area contributed by atoms with Crippen LogP contribution in [0.3, 0.4) is 0 Å². The maximum absolute atomic E-state index is 12.9. The molecule has 26 nitrogen and oxygen atoms in total. The predicted molar refractivity (Wildman–Crippen MR) is 203 cm³/mol. The zero-order chi connectivity index (χ0) is 48.2. The molecule has 0 aliphatic carbocycles. The smallest absolute Gasteiger partial charge is 0.303 e. The van der Waals surface area contributed by atoms with Crippen LogP contribution >= 0.6 is 0 Å². The Kier molecular flexibility index (Phi) is 19.8. The highest BCUT2D eigenvalue weighted by Crippen LogP contribution is 2.36. The molecular formula is C38H55N3O23. The van der Waals surface area contributed by atoms with Gasteiger partial charge in [0, 0.05) is 69.2 Å². The maximum atomic E-state index is 12.9. The Morgan fingerprint density at radius 1 is 0.391 bits per heavy atom. The third-order valence-corrected chi connectivity index (χ3v) is 9.21. The van der Waals surface area contributed by atoms with Gasteiger partial charge in [-0.2, -0.15) is 0 Å². The lowest BCUT2D eigenvalue weighted by atomic mass is 9.93. The molecule has 4 N–H and O–H groups in total. The summed E-state index contributed by atoms with van der Waals surface area (Å²) in [5, 5.41) is 18.4. The van der Waals surface area contributed by atoms with Gasteiger partial charge in [0.15, 0.2) is 43.3 Å². The number of carbonyl (C=O) groups excluding carboxylic acids is 10. The van der Waals surface area contributed by atoms with Gasteiger partial charge in [0.1, 0.15) is 68.5 Å². The Morgan fingerprint density at radius 3 is 1.00 bits per heavy atom. The van der Waals surface area contributed by atoms with Crippen LogP contribution in [0.2, 0.25) is 0 Å². The Bertz CT molecular complexity index is 1740. The first kappa shape index (κ1) is 52.8. The minimum absolute atomic E-state index is 0.636. The average Bonchev–Trinajstić information content (AvgIpc) is 3.15. The largest absolute Gasteiger partial charge is 0.463 e. The van der Waals surface area contributed by atoms with Gasteiger partial charge >= 0.3 is 41.8 Å². The molecule has 0 saturated carbocycles. The molecule has 3 rings (SSSR count). The summed E-state index contributed by atoms with van der Waals surface area (Å²) in [7, 11) is 0. The lowest BCUT2D eigenvalue weighted by molar-refractivity contribution is -0.352. The van der Waals surface area contributed by atoms with E-state index in [9.17, 15) is 53.1 Å². The zero-order valence-corrected chi connectivity index (χ0v) is 36.7. The highest BCUT2D eigenvalue weighted by atomic mass is 16.8. The van der Waals surface area contributed by atoms with E-state index >= 15 is 0 Å². The number of esters is 7. The summed E-state index contributed by atoms with van der Waals surface area (Å²) < 4.78 is 68.9. The highest BCUT2D eigenvalue weighted by molar-refractivity contribution is 5.75. The van der Waals surface area contributed by atoms with Crippen LogP contribution in [0, 0.1) is 0 Å². The van der Waals surface area contributed by atoms with Crippen molar-refractivity contribution in [2.75, 3.05) is 19.8 Å². The number of aliphatic hydroxyl groups is 1. The van der Waals surface area contributed by atoms with E-state index in [2.05, 4.69) is 16.0 Å². The Labute approximate surface area is 366 Å². The van der Waals surface area contributed by atoms with Gasteiger partial charge in [0.25, 0.3) is 0 Å².